The Kier molecular flexibility index (Phi) is 6.18. The molecule has 1 aliphatic heterocycles. The SMILES string of the molecule is CC.O=C1OCc2c[c-]ccc21.[Y]. The number of carbonyl (C=O) groups excluding carboxylic acids is 1. The van der Waals surface area contributed by atoms with E-state index in [1.807, 2.05) is 13.8 Å². The van der Waals surface area contributed by atoms with Gasteiger partial charge in [0.05, 0.1) is 6.61 Å². The Hall–Kier alpha value is -0.206. The Morgan fingerprint density at radius 1 is 1.46 bits per heavy atom. The van der Waals surface area contributed by atoms with Gasteiger partial charge in [-0.25, -0.2) is 4.79 Å². The van der Waals surface area contributed by atoms with Crippen LogP contribution >= 0.6 is 0 Å². The molecule has 0 saturated heterocycles. The van der Waals surface area contributed by atoms with Gasteiger partial charge in [-0.1, -0.05) is 13.8 Å². The van der Waals surface area contributed by atoms with E-state index in [4.69, 9.17) is 4.74 Å². The van der Waals surface area contributed by atoms with Crippen molar-refractivity contribution < 1.29 is 42.2 Å². The van der Waals surface area contributed by atoms with E-state index in [0.717, 1.165) is 5.56 Å². The molecule has 2 nitrogen and oxygen atoms in total. The average molecular weight is 252 g/mol. The topological polar surface area (TPSA) is 26.3 Å². The first kappa shape index (κ1) is 12.8. The Morgan fingerprint density at radius 3 is 2.77 bits per heavy atom. The number of ether oxygens (including phenoxy) is 1. The van der Waals surface area contributed by atoms with Gasteiger partial charge in [0, 0.05) is 32.7 Å². The summed E-state index contributed by atoms with van der Waals surface area (Å²) in [5, 5.41) is 0. The van der Waals surface area contributed by atoms with Crippen LogP contribution in [0.25, 0.3) is 0 Å². The second-order valence-corrected chi connectivity index (χ2v) is 2.16. The number of hydrogen-bond acceptors (Lipinski definition) is 2. The Bertz CT molecular complexity index is 284. The largest absolute Gasteiger partial charge is 0.471 e. The van der Waals surface area contributed by atoms with E-state index in [9.17, 15) is 4.79 Å². The third-order valence-corrected chi connectivity index (χ3v) is 1.53. The molecule has 1 aromatic rings. The molecular weight excluding hydrogens is 241 g/mol. The number of esters is 1. The zero-order valence-electron chi connectivity index (χ0n) is 7.83. The molecule has 0 saturated carbocycles. The van der Waals surface area contributed by atoms with Crippen LogP contribution in [0.1, 0.15) is 29.8 Å². The van der Waals surface area contributed by atoms with E-state index >= 15 is 0 Å². The van der Waals surface area contributed by atoms with Gasteiger partial charge in [0.1, 0.15) is 0 Å². The van der Waals surface area contributed by atoms with E-state index < -0.39 is 0 Å². The van der Waals surface area contributed by atoms with Crippen molar-refractivity contribution in [1.82, 2.24) is 0 Å². The van der Waals surface area contributed by atoms with Crippen LogP contribution in [-0.2, 0) is 44.1 Å². The first-order valence-corrected chi connectivity index (χ1v) is 4.04. The summed E-state index contributed by atoms with van der Waals surface area (Å²) in [5.74, 6) is -0.219. The molecule has 13 heavy (non-hydrogen) atoms. The summed E-state index contributed by atoms with van der Waals surface area (Å²) in [6.45, 7) is 4.41. The van der Waals surface area contributed by atoms with Gasteiger partial charge in [-0.3, -0.25) is 0 Å². The van der Waals surface area contributed by atoms with Crippen LogP contribution < -0.4 is 0 Å². The van der Waals surface area contributed by atoms with Gasteiger partial charge in [-0.2, -0.15) is 24.3 Å². The summed E-state index contributed by atoms with van der Waals surface area (Å²) >= 11 is 0. The fraction of sp³-hybridized carbons (Fsp3) is 0.300. The van der Waals surface area contributed by atoms with Gasteiger partial charge in [0.2, 0.25) is 0 Å². The van der Waals surface area contributed by atoms with Crippen LogP contribution in [0.3, 0.4) is 0 Å². The predicted octanol–water partition coefficient (Wildman–Crippen LogP) is 2.18. The molecule has 0 unspecified atom stereocenters. The van der Waals surface area contributed by atoms with Gasteiger partial charge in [-0.05, 0) is 5.56 Å². The molecule has 0 fully saturated rings. The summed E-state index contributed by atoms with van der Waals surface area (Å²) in [7, 11) is 0. The van der Waals surface area contributed by atoms with Gasteiger partial charge >= 0.3 is 5.97 Å². The van der Waals surface area contributed by atoms with Gasteiger partial charge < -0.3 is 4.74 Å². The first-order chi connectivity index (χ1) is 5.88. The number of carbonyl (C=O) groups is 1. The molecule has 0 aliphatic carbocycles. The van der Waals surface area contributed by atoms with Crippen LogP contribution in [0.15, 0.2) is 18.2 Å². The van der Waals surface area contributed by atoms with Gasteiger partial charge in [0.25, 0.3) is 0 Å². The normalized spacial score (nSPS) is 11.7. The van der Waals surface area contributed by atoms with Crippen molar-refractivity contribution in [2.45, 2.75) is 20.5 Å². The number of fused-ring (bicyclic) bond motifs is 1. The molecular formula is C10H11O2Y-. The molecule has 0 spiro atoms. The minimum Gasteiger partial charge on any atom is -0.471 e. The van der Waals surface area contributed by atoms with E-state index in [-0.39, 0.29) is 38.7 Å². The van der Waals surface area contributed by atoms with E-state index in [1.54, 1.807) is 18.2 Å². The second-order valence-electron chi connectivity index (χ2n) is 2.16. The quantitative estimate of drug-likeness (QED) is 0.522. The average Bonchev–Trinajstić information content (AvgIpc) is 2.53. The smallest absolute Gasteiger partial charge is 0.313 e. The Balaban J connectivity index is 0.000000451. The van der Waals surface area contributed by atoms with Crippen LogP contribution in [0, 0.1) is 6.07 Å². The molecule has 1 radical (unpaired) electrons. The first-order valence-electron chi connectivity index (χ1n) is 4.04. The van der Waals surface area contributed by atoms with E-state index in [0.29, 0.717) is 12.2 Å². The maximum atomic E-state index is 10.8. The molecule has 1 heterocycles. The minimum atomic E-state index is -0.219. The molecule has 0 aromatic heterocycles. The van der Waals surface area contributed by atoms with Crippen molar-refractivity contribution in [3.8, 4) is 0 Å². The molecule has 0 N–H and O–H groups in total. The maximum Gasteiger partial charge on any atom is 0.313 e. The maximum absolute atomic E-state index is 10.8. The van der Waals surface area contributed by atoms with Gasteiger partial charge in [0.15, 0.2) is 0 Å². The van der Waals surface area contributed by atoms with Crippen LogP contribution in [0.4, 0.5) is 0 Å². The van der Waals surface area contributed by atoms with Crippen molar-refractivity contribution in [1.29, 1.82) is 0 Å². The number of hydrogen-bond donors (Lipinski definition) is 0. The summed E-state index contributed by atoms with van der Waals surface area (Å²) in [6.07, 6.45) is 0. The molecule has 67 valence electrons. The van der Waals surface area contributed by atoms with Crippen molar-refractivity contribution in [2.75, 3.05) is 0 Å². The van der Waals surface area contributed by atoms with Crippen molar-refractivity contribution >= 4 is 5.97 Å². The Morgan fingerprint density at radius 2 is 2.15 bits per heavy atom. The molecule has 3 heteroatoms. The molecule has 0 bridgehead atoms. The molecule has 1 aliphatic rings. The Labute approximate surface area is 104 Å². The monoisotopic (exact) mass is 252 g/mol. The van der Waals surface area contributed by atoms with Crippen molar-refractivity contribution in [3.63, 3.8) is 0 Å². The fourth-order valence-corrected chi connectivity index (χ4v) is 1.00. The number of benzene rings is 1. The van der Waals surface area contributed by atoms with Crippen LogP contribution in [-0.4, -0.2) is 5.97 Å². The van der Waals surface area contributed by atoms with Crippen molar-refractivity contribution in [3.05, 3.63) is 35.4 Å². The summed E-state index contributed by atoms with van der Waals surface area (Å²) in [5.41, 5.74) is 1.62. The third kappa shape index (κ3) is 2.89. The third-order valence-electron chi connectivity index (χ3n) is 1.53. The molecule has 2 rings (SSSR count). The van der Waals surface area contributed by atoms with Crippen molar-refractivity contribution in [2.24, 2.45) is 0 Å². The molecule has 0 atom stereocenters. The van der Waals surface area contributed by atoms with E-state index in [2.05, 4.69) is 6.07 Å². The van der Waals surface area contributed by atoms with Crippen LogP contribution in [0.2, 0.25) is 0 Å². The minimum absolute atomic E-state index is 0. The summed E-state index contributed by atoms with van der Waals surface area (Å²) in [4.78, 5) is 10.8. The second kappa shape index (κ2) is 6.28. The zero-order chi connectivity index (χ0) is 8.97. The standard InChI is InChI=1S/C8H5O2.C2H6.Y/c9-8-7-4-2-1-3-6(7)5-10-8;1-2;/h2-4H,5H2;1-2H3;/q-1;;. The predicted molar refractivity (Wildman–Crippen MR) is 45.7 cm³/mol. The zero-order valence-corrected chi connectivity index (χ0v) is 10.7. The number of rotatable bonds is 0. The van der Waals surface area contributed by atoms with E-state index in [1.165, 1.54) is 0 Å². The number of cyclic esters (lactones) is 1. The van der Waals surface area contributed by atoms with Gasteiger partial charge in [-0.15, -0.1) is 5.56 Å². The molecule has 0 amide bonds. The fourth-order valence-electron chi connectivity index (χ4n) is 1.00. The summed E-state index contributed by atoms with van der Waals surface area (Å²) in [6, 6.07) is 8.10. The molecule has 1 aromatic carbocycles. The summed E-state index contributed by atoms with van der Waals surface area (Å²) < 4.78 is 4.76. The van der Waals surface area contributed by atoms with Crippen LogP contribution in [0.5, 0.6) is 0 Å².